The molecular weight excluding hydrogens is 381 g/mol. The van der Waals surface area contributed by atoms with E-state index < -0.39 is 23.7 Å². The molecule has 0 aliphatic carbocycles. The maximum Gasteiger partial charge on any atom is 0.273 e. The summed E-state index contributed by atoms with van der Waals surface area (Å²) in [4.78, 5) is 28.9. The number of aromatic nitrogens is 1. The number of fused-ring (bicyclic) bond motifs is 1. The van der Waals surface area contributed by atoms with E-state index in [0.717, 1.165) is 15.8 Å². The van der Waals surface area contributed by atoms with Crippen LogP contribution in [-0.2, 0) is 9.59 Å². The Hall–Kier alpha value is -3.33. The first kappa shape index (κ1) is 18.1. The minimum absolute atomic E-state index is 0.0580. The number of anilines is 2. The van der Waals surface area contributed by atoms with E-state index in [-0.39, 0.29) is 12.1 Å². The van der Waals surface area contributed by atoms with Gasteiger partial charge in [-0.3, -0.25) is 19.9 Å². The number of aryl methyl sites for hydroxylation is 1. The number of halogens is 1. The second-order valence-corrected chi connectivity index (χ2v) is 7.42. The molecule has 7 nitrogen and oxygen atoms in total. The zero-order valence-electron chi connectivity index (χ0n) is 14.8. The topological polar surface area (TPSA) is 101 Å². The van der Waals surface area contributed by atoms with Gasteiger partial charge in [0.1, 0.15) is 17.6 Å². The third-order valence-corrected chi connectivity index (χ3v) is 5.37. The number of amides is 2. The normalized spacial score (nSPS) is 16.3. The van der Waals surface area contributed by atoms with Gasteiger partial charge in [0.05, 0.1) is 15.9 Å². The molecular formula is C19H16FN5O2S. The number of primary amides is 1. The van der Waals surface area contributed by atoms with Crippen LogP contribution in [0, 0.1) is 12.7 Å². The van der Waals surface area contributed by atoms with Crippen molar-refractivity contribution in [1.82, 2.24) is 4.98 Å². The molecule has 28 heavy (non-hydrogen) atoms. The first-order valence-electron chi connectivity index (χ1n) is 8.51. The third kappa shape index (κ3) is 3.31. The number of nitrogens with zero attached hydrogens (tertiary/aromatic N) is 3. The second kappa shape index (κ2) is 7.01. The minimum Gasteiger partial charge on any atom is -0.368 e. The number of rotatable bonds is 4. The van der Waals surface area contributed by atoms with Crippen molar-refractivity contribution >= 4 is 49.9 Å². The fraction of sp³-hybridized carbons (Fsp3) is 0.158. The molecule has 3 aromatic rings. The standard InChI is InChI=1S/C19H16FN5O2S/c1-10-3-2-4-15-16(10)22-19(28-15)23-18(27)13-9-14(17(21)26)25(24-13)12-7-5-11(20)6-8-12/h2-8,14H,9H2,1H3,(H2,21,26)(H,22,23,27). The Kier molecular flexibility index (Phi) is 4.52. The molecule has 0 saturated heterocycles. The molecule has 9 heteroatoms. The molecule has 0 fully saturated rings. The lowest BCUT2D eigenvalue weighted by Crippen LogP contribution is -2.39. The SMILES string of the molecule is Cc1cccc2sc(NC(=O)C3=NN(c4ccc(F)cc4)C(C(N)=O)C3)nc12. The fourth-order valence-electron chi connectivity index (χ4n) is 3.01. The van der Waals surface area contributed by atoms with Crippen LogP contribution >= 0.6 is 11.3 Å². The van der Waals surface area contributed by atoms with E-state index in [1.807, 2.05) is 25.1 Å². The number of para-hydroxylation sites is 1. The monoisotopic (exact) mass is 397 g/mol. The number of hydrogen-bond donors (Lipinski definition) is 2. The van der Waals surface area contributed by atoms with Crippen molar-refractivity contribution in [3.05, 3.63) is 53.8 Å². The Morgan fingerprint density at radius 1 is 1.25 bits per heavy atom. The quantitative estimate of drug-likeness (QED) is 0.707. The van der Waals surface area contributed by atoms with E-state index in [4.69, 9.17) is 5.73 Å². The van der Waals surface area contributed by atoms with E-state index in [9.17, 15) is 14.0 Å². The summed E-state index contributed by atoms with van der Waals surface area (Å²) >= 11 is 1.36. The fourth-order valence-corrected chi connectivity index (χ4v) is 3.95. The van der Waals surface area contributed by atoms with Crippen LogP contribution in [0.3, 0.4) is 0 Å². The van der Waals surface area contributed by atoms with Crippen molar-refractivity contribution in [1.29, 1.82) is 0 Å². The van der Waals surface area contributed by atoms with E-state index in [0.29, 0.717) is 10.8 Å². The predicted molar refractivity (Wildman–Crippen MR) is 107 cm³/mol. The van der Waals surface area contributed by atoms with Crippen LogP contribution in [-0.4, -0.2) is 28.6 Å². The highest BCUT2D eigenvalue weighted by Crippen LogP contribution is 2.29. The van der Waals surface area contributed by atoms with E-state index >= 15 is 0 Å². The first-order valence-corrected chi connectivity index (χ1v) is 9.33. The van der Waals surface area contributed by atoms with Gasteiger partial charge in [-0.05, 0) is 42.8 Å². The molecule has 1 aliphatic rings. The van der Waals surface area contributed by atoms with Gasteiger partial charge in [0, 0.05) is 6.42 Å². The number of nitrogens with two attached hydrogens (primary N) is 1. The number of nitrogens with one attached hydrogen (secondary N) is 1. The van der Waals surface area contributed by atoms with Crippen LogP contribution < -0.4 is 16.1 Å². The van der Waals surface area contributed by atoms with Gasteiger partial charge in [-0.1, -0.05) is 23.5 Å². The number of hydrazone groups is 1. The van der Waals surface area contributed by atoms with Crippen molar-refractivity contribution in [2.75, 3.05) is 10.3 Å². The number of hydrogen-bond acceptors (Lipinski definition) is 6. The van der Waals surface area contributed by atoms with Crippen molar-refractivity contribution in [2.45, 2.75) is 19.4 Å². The number of carbonyl (C=O) groups is 2. The third-order valence-electron chi connectivity index (χ3n) is 4.43. The van der Waals surface area contributed by atoms with Crippen molar-refractivity contribution in [3.8, 4) is 0 Å². The summed E-state index contributed by atoms with van der Waals surface area (Å²) in [7, 11) is 0. The Morgan fingerprint density at radius 2 is 2.00 bits per heavy atom. The predicted octanol–water partition coefficient (Wildman–Crippen LogP) is 2.80. The lowest BCUT2D eigenvalue weighted by Gasteiger charge is -2.20. The van der Waals surface area contributed by atoms with Crippen molar-refractivity contribution < 1.29 is 14.0 Å². The lowest BCUT2D eigenvalue weighted by atomic mass is 10.1. The van der Waals surface area contributed by atoms with Crippen LogP contribution in [0.25, 0.3) is 10.2 Å². The Labute approximate surface area is 163 Å². The molecule has 0 saturated carbocycles. The molecule has 1 unspecified atom stereocenters. The summed E-state index contributed by atoms with van der Waals surface area (Å²) in [6, 6.07) is 10.5. The molecule has 2 amide bonds. The zero-order chi connectivity index (χ0) is 19.8. The minimum atomic E-state index is -0.816. The molecule has 0 radical (unpaired) electrons. The molecule has 4 rings (SSSR count). The van der Waals surface area contributed by atoms with Gasteiger partial charge in [-0.25, -0.2) is 9.37 Å². The molecule has 1 atom stereocenters. The molecule has 0 spiro atoms. The molecule has 2 aromatic carbocycles. The largest absolute Gasteiger partial charge is 0.368 e. The van der Waals surface area contributed by atoms with Crippen molar-refractivity contribution in [2.24, 2.45) is 10.8 Å². The maximum atomic E-state index is 13.2. The van der Waals surface area contributed by atoms with Crippen LogP contribution in [0.2, 0.25) is 0 Å². The average Bonchev–Trinajstić information content (AvgIpc) is 3.27. The van der Waals surface area contributed by atoms with Crippen LogP contribution in [0.1, 0.15) is 12.0 Å². The van der Waals surface area contributed by atoms with Crippen LogP contribution in [0.4, 0.5) is 15.2 Å². The van der Waals surface area contributed by atoms with Crippen LogP contribution in [0.5, 0.6) is 0 Å². The summed E-state index contributed by atoms with van der Waals surface area (Å²) in [6.45, 7) is 1.95. The molecule has 1 aromatic heterocycles. The molecule has 3 N–H and O–H groups in total. The Balaban J connectivity index is 1.59. The number of benzene rings is 2. The molecule has 142 valence electrons. The number of carbonyl (C=O) groups excluding carboxylic acids is 2. The highest BCUT2D eigenvalue weighted by molar-refractivity contribution is 7.22. The average molecular weight is 397 g/mol. The summed E-state index contributed by atoms with van der Waals surface area (Å²) in [5, 5.41) is 8.79. The first-order chi connectivity index (χ1) is 13.4. The van der Waals surface area contributed by atoms with Crippen LogP contribution in [0.15, 0.2) is 47.6 Å². The van der Waals surface area contributed by atoms with Crippen molar-refractivity contribution in [3.63, 3.8) is 0 Å². The maximum absolute atomic E-state index is 13.2. The van der Waals surface area contributed by atoms with Gasteiger partial charge in [-0.2, -0.15) is 5.10 Å². The molecule has 2 heterocycles. The smallest absolute Gasteiger partial charge is 0.273 e. The molecule has 0 bridgehead atoms. The Bertz CT molecular complexity index is 1110. The highest BCUT2D eigenvalue weighted by atomic mass is 32.1. The van der Waals surface area contributed by atoms with Gasteiger partial charge < -0.3 is 5.73 Å². The van der Waals surface area contributed by atoms with E-state index in [1.54, 1.807) is 0 Å². The van der Waals surface area contributed by atoms with Gasteiger partial charge in [0.2, 0.25) is 5.91 Å². The summed E-state index contributed by atoms with van der Waals surface area (Å²) in [5.41, 5.74) is 7.95. The summed E-state index contributed by atoms with van der Waals surface area (Å²) in [6.07, 6.45) is 0.0580. The molecule has 1 aliphatic heterocycles. The summed E-state index contributed by atoms with van der Waals surface area (Å²) < 4.78 is 14.1. The highest BCUT2D eigenvalue weighted by Gasteiger charge is 2.35. The number of thiazole rings is 1. The lowest BCUT2D eigenvalue weighted by molar-refractivity contribution is -0.119. The van der Waals surface area contributed by atoms with E-state index in [1.165, 1.54) is 40.6 Å². The Morgan fingerprint density at radius 3 is 2.68 bits per heavy atom. The van der Waals surface area contributed by atoms with Gasteiger partial charge in [0.15, 0.2) is 5.13 Å². The van der Waals surface area contributed by atoms with Gasteiger partial charge >= 0.3 is 0 Å². The zero-order valence-corrected chi connectivity index (χ0v) is 15.7. The van der Waals surface area contributed by atoms with Gasteiger partial charge in [-0.15, -0.1) is 0 Å². The second-order valence-electron chi connectivity index (χ2n) is 6.38. The van der Waals surface area contributed by atoms with Gasteiger partial charge in [0.25, 0.3) is 5.91 Å². The summed E-state index contributed by atoms with van der Waals surface area (Å²) in [5.74, 6) is -1.48. The van der Waals surface area contributed by atoms with E-state index in [2.05, 4.69) is 15.4 Å².